The number of rotatable bonds is 7. The third-order valence-corrected chi connectivity index (χ3v) is 5.07. The molecule has 0 aliphatic carbocycles. The van der Waals surface area contributed by atoms with E-state index in [1.807, 2.05) is 6.07 Å². The highest BCUT2D eigenvalue weighted by Gasteiger charge is 2.26. The van der Waals surface area contributed by atoms with Crippen LogP contribution in [0.1, 0.15) is 32.3 Å². The number of amides is 2. The zero-order valence-electron chi connectivity index (χ0n) is 15.5. The van der Waals surface area contributed by atoms with Crippen LogP contribution < -0.4 is 5.32 Å². The first-order chi connectivity index (χ1) is 12.1. The molecule has 2 amide bonds. The maximum atomic E-state index is 12.3. The molecule has 1 aliphatic heterocycles. The highest BCUT2D eigenvalue weighted by Crippen LogP contribution is 2.21. The lowest BCUT2D eigenvalue weighted by Crippen LogP contribution is -2.47. The summed E-state index contributed by atoms with van der Waals surface area (Å²) in [6, 6.07) is 10.5. The molecule has 1 aromatic rings. The summed E-state index contributed by atoms with van der Waals surface area (Å²) in [4.78, 5) is 28.3. The highest BCUT2D eigenvalue weighted by atomic mass is 16.2. The zero-order chi connectivity index (χ0) is 18.1. The predicted molar refractivity (Wildman–Crippen MR) is 100 cm³/mol. The highest BCUT2D eigenvalue weighted by molar-refractivity contribution is 6.35. The largest absolute Gasteiger partial charge is 0.347 e. The average Bonchev–Trinajstić information content (AvgIpc) is 2.66. The molecular weight excluding hydrogens is 314 g/mol. The topological polar surface area (TPSA) is 52.7 Å². The first-order valence-electron chi connectivity index (χ1n) is 9.47. The molecule has 0 atom stereocenters. The number of nitrogens with zero attached hydrogens (tertiary/aromatic N) is 2. The number of likely N-dealkylation sites (tertiary alicyclic amines) is 1. The predicted octanol–water partition coefficient (Wildman–Crippen LogP) is 1.93. The molecule has 0 aromatic heterocycles. The van der Waals surface area contributed by atoms with Gasteiger partial charge >= 0.3 is 11.8 Å². The van der Waals surface area contributed by atoms with E-state index in [0.29, 0.717) is 25.6 Å². The standard InChI is InChI=1S/C20H31N3O2/c1-3-22(4-2)15-12-21-19(24)20(25)23-13-10-18(11-14-23)16-17-8-6-5-7-9-17/h5-9,18H,3-4,10-16H2,1-2H3,(H,21,24). The van der Waals surface area contributed by atoms with Crippen molar-refractivity contribution in [3.63, 3.8) is 0 Å². The molecule has 0 saturated carbocycles. The number of piperidine rings is 1. The van der Waals surface area contributed by atoms with Crippen molar-refractivity contribution < 1.29 is 9.59 Å². The van der Waals surface area contributed by atoms with E-state index in [9.17, 15) is 9.59 Å². The summed E-state index contributed by atoms with van der Waals surface area (Å²) in [6.07, 6.45) is 2.99. The second kappa shape index (κ2) is 10.2. The summed E-state index contributed by atoms with van der Waals surface area (Å²) in [6.45, 7) is 8.76. The minimum Gasteiger partial charge on any atom is -0.347 e. The molecule has 0 radical (unpaired) electrons. The van der Waals surface area contributed by atoms with Crippen LogP contribution in [0, 0.1) is 5.92 Å². The van der Waals surface area contributed by atoms with Gasteiger partial charge in [0, 0.05) is 26.2 Å². The minimum absolute atomic E-state index is 0.377. The van der Waals surface area contributed by atoms with E-state index < -0.39 is 5.91 Å². The third kappa shape index (κ3) is 6.16. The van der Waals surface area contributed by atoms with Gasteiger partial charge in [0.25, 0.3) is 0 Å². The summed E-state index contributed by atoms with van der Waals surface area (Å²) < 4.78 is 0. The zero-order valence-corrected chi connectivity index (χ0v) is 15.5. The number of carbonyl (C=O) groups is 2. The summed E-state index contributed by atoms with van der Waals surface area (Å²) in [5.41, 5.74) is 1.35. The van der Waals surface area contributed by atoms with Gasteiger partial charge < -0.3 is 15.1 Å². The molecule has 5 heteroatoms. The van der Waals surface area contributed by atoms with Gasteiger partial charge in [-0.15, -0.1) is 0 Å². The minimum atomic E-state index is -0.464. The van der Waals surface area contributed by atoms with Gasteiger partial charge in [-0.1, -0.05) is 44.2 Å². The Morgan fingerprint density at radius 1 is 1.12 bits per heavy atom. The van der Waals surface area contributed by atoms with Crippen molar-refractivity contribution in [2.75, 3.05) is 39.3 Å². The molecule has 1 aromatic carbocycles. The fourth-order valence-corrected chi connectivity index (χ4v) is 3.37. The number of benzene rings is 1. The number of hydrogen-bond donors (Lipinski definition) is 1. The lowest BCUT2D eigenvalue weighted by atomic mass is 9.90. The lowest BCUT2D eigenvalue weighted by Gasteiger charge is -2.31. The van der Waals surface area contributed by atoms with E-state index >= 15 is 0 Å². The van der Waals surface area contributed by atoms with E-state index in [4.69, 9.17) is 0 Å². The van der Waals surface area contributed by atoms with Gasteiger partial charge in [-0.3, -0.25) is 9.59 Å². The van der Waals surface area contributed by atoms with Gasteiger partial charge in [-0.2, -0.15) is 0 Å². The van der Waals surface area contributed by atoms with Crippen LogP contribution in [0.15, 0.2) is 30.3 Å². The van der Waals surface area contributed by atoms with Crippen molar-refractivity contribution >= 4 is 11.8 Å². The van der Waals surface area contributed by atoms with Gasteiger partial charge in [0.1, 0.15) is 0 Å². The van der Waals surface area contributed by atoms with Crippen LogP contribution in [0.5, 0.6) is 0 Å². The van der Waals surface area contributed by atoms with Crippen LogP contribution in [0.2, 0.25) is 0 Å². The fraction of sp³-hybridized carbons (Fsp3) is 0.600. The molecule has 0 bridgehead atoms. The molecule has 138 valence electrons. The molecular formula is C20H31N3O2. The number of carbonyl (C=O) groups excluding carboxylic acids is 2. The van der Waals surface area contributed by atoms with Gasteiger partial charge in [0.05, 0.1) is 0 Å². The summed E-state index contributed by atoms with van der Waals surface area (Å²) in [5.74, 6) is -0.247. The molecule has 2 rings (SSSR count). The molecule has 1 saturated heterocycles. The second-order valence-electron chi connectivity index (χ2n) is 6.71. The maximum Gasteiger partial charge on any atom is 0.311 e. The molecule has 0 spiro atoms. The van der Waals surface area contributed by atoms with Crippen molar-refractivity contribution in [1.82, 2.24) is 15.1 Å². The van der Waals surface area contributed by atoms with Crippen LogP contribution in [-0.2, 0) is 16.0 Å². The quantitative estimate of drug-likeness (QED) is 0.768. The second-order valence-corrected chi connectivity index (χ2v) is 6.71. The van der Waals surface area contributed by atoms with E-state index in [-0.39, 0.29) is 5.91 Å². The Labute approximate surface area is 151 Å². The van der Waals surface area contributed by atoms with Crippen LogP contribution in [-0.4, -0.2) is 60.9 Å². The Balaban J connectivity index is 1.70. The molecule has 1 N–H and O–H groups in total. The van der Waals surface area contributed by atoms with Crippen molar-refractivity contribution in [2.45, 2.75) is 33.1 Å². The summed E-state index contributed by atoms with van der Waals surface area (Å²) in [5, 5.41) is 2.76. The Morgan fingerprint density at radius 2 is 1.76 bits per heavy atom. The Kier molecular flexibility index (Phi) is 7.92. The molecule has 1 heterocycles. The third-order valence-electron chi connectivity index (χ3n) is 5.07. The van der Waals surface area contributed by atoms with Crippen LogP contribution in [0.4, 0.5) is 0 Å². The SMILES string of the molecule is CCN(CC)CCNC(=O)C(=O)N1CCC(Cc2ccccc2)CC1. The van der Waals surface area contributed by atoms with Crippen molar-refractivity contribution in [1.29, 1.82) is 0 Å². The first-order valence-corrected chi connectivity index (χ1v) is 9.47. The molecule has 25 heavy (non-hydrogen) atoms. The molecule has 1 fully saturated rings. The van der Waals surface area contributed by atoms with Crippen molar-refractivity contribution in [3.8, 4) is 0 Å². The van der Waals surface area contributed by atoms with Gasteiger partial charge in [-0.05, 0) is 43.8 Å². The lowest BCUT2D eigenvalue weighted by molar-refractivity contribution is -0.146. The molecule has 1 aliphatic rings. The van der Waals surface area contributed by atoms with Crippen LogP contribution in [0.3, 0.4) is 0 Å². The Morgan fingerprint density at radius 3 is 2.36 bits per heavy atom. The van der Waals surface area contributed by atoms with E-state index in [0.717, 1.165) is 38.9 Å². The smallest absolute Gasteiger partial charge is 0.311 e. The Bertz CT molecular complexity index is 535. The number of likely N-dealkylation sites (N-methyl/N-ethyl adjacent to an activating group) is 1. The maximum absolute atomic E-state index is 12.3. The van der Waals surface area contributed by atoms with E-state index in [2.05, 4.69) is 48.3 Å². The van der Waals surface area contributed by atoms with E-state index in [1.165, 1.54) is 5.56 Å². The van der Waals surface area contributed by atoms with Crippen LogP contribution >= 0.6 is 0 Å². The van der Waals surface area contributed by atoms with Crippen molar-refractivity contribution in [2.24, 2.45) is 5.92 Å². The summed E-state index contributed by atoms with van der Waals surface area (Å²) in [7, 11) is 0. The monoisotopic (exact) mass is 345 g/mol. The van der Waals surface area contributed by atoms with Gasteiger partial charge in [0.15, 0.2) is 0 Å². The number of nitrogens with one attached hydrogen (secondary N) is 1. The normalized spacial score (nSPS) is 15.4. The number of hydrogen-bond acceptors (Lipinski definition) is 3. The fourth-order valence-electron chi connectivity index (χ4n) is 3.37. The van der Waals surface area contributed by atoms with Crippen molar-refractivity contribution in [3.05, 3.63) is 35.9 Å². The Hall–Kier alpha value is -1.88. The van der Waals surface area contributed by atoms with Gasteiger partial charge in [-0.25, -0.2) is 0 Å². The summed E-state index contributed by atoms with van der Waals surface area (Å²) >= 11 is 0. The molecule has 5 nitrogen and oxygen atoms in total. The first kappa shape index (κ1) is 19.4. The van der Waals surface area contributed by atoms with E-state index in [1.54, 1.807) is 4.90 Å². The molecule has 0 unspecified atom stereocenters. The van der Waals surface area contributed by atoms with Crippen LogP contribution in [0.25, 0.3) is 0 Å². The average molecular weight is 345 g/mol. The van der Waals surface area contributed by atoms with Gasteiger partial charge in [0.2, 0.25) is 0 Å².